The quantitative estimate of drug-likeness (QED) is 0.280. The molecule has 1 amide bonds. The van der Waals surface area contributed by atoms with Crippen LogP contribution in [0.3, 0.4) is 0 Å². The SMILES string of the molecule is CNC(=O)C1=C(O)C2(O)C(=O)C3=C(O)c4c(O)cccc4C(C)C3C(OC(=O)C(C)C)C2C(N(C)C)C1=O. The number of ether oxygens (including phenoxy) is 1. The first kappa shape index (κ1) is 27.3. The number of nitrogens with zero attached hydrogens (tertiary/aromatic N) is 1. The van der Waals surface area contributed by atoms with Crippen molar-refractivity contribution in [3.8, 4) is 5.75 Å². The molecule has 11 heteroatoms. The smallest absolute Gasteiger partial charge is 0.308 e. The Labute approximate surface area is 219 Å². The van der Waals surface area contributed by atoms with Gasteiger partial charge in [-0.3, -0.25) is 24.1 Å². The molecule has 0 radical (unpaired) electrons. The van der Waals surface area contributed by atoms with E-state index < -0.39 is 82.0 Å². The number of nitrogens with one attached hydrogen (secondary N) is 1. The summed E-state index contributed by atoms with van der Waals surface area (Å²) in [5.41, 5.74) is -3.65. The number of phenolic OH excluding ortho intramolecular Hbond substituents is 1. The Bertz CT molecular complexity index is 1310. The van der Waals surface area contributed by atoms with Crippen molar-refractivity contribution in [2.24, 2.45) is 17.8 Å². The standard InChI is InChI=1S/C27H32N2O9/c1-10(2)26(36)38-22-14-11(3)12-8-7-9-13(30)15(12)20(31)16(14)23(33)27(37)18(22)19(29(5)6)21(32)17(24(27)34)25(35)28-4/h7-11,14,18-19,22,30-31,34,37H,1-6H3,(H,28,35). The van der Waals surface area contributed by atoms with Crippen LogP contribution < -0.4 is 5.32 Å². The molecule has 3 aliphatic carbocycles. The van der Waals surface area contributed by atoms with Gasteiger partial charge in [0.2, 0.25) is 5.78 Å². The number of fused-ring (bicyclic) bond motifs is 3. The number of carbonyl (C=O) groups excluding carboxylic acids is 4. The summed E-state index contributed by atoms with van der Waals surface area (Å²) in [5, 5.41) is 47.4. The Morgan fingerprint density at radius 3 is 2.32 bits per heavy atom. The second-order valence-corrected chi connectivity index (χ2v) is 10.6. The summed E-state index contributed by atoms with van der Waals surface area (Å²) >= 11 is 0. The van der Waals surface area contributed by atoms with Crippen molar-refractivity contribution in [2.75, 3.05) is 21.1 Å². The molecule has 1 saturated carbocycles. The lowest BCUT2D eigenvalue weighted by Gasteiger charge is -2.54. The van der Waals surface area contributed by atoms with Crippen LogP contribution in [0, 0.1) is 17.8 Å². The van der Waals surface area contributed by atoms with E-state index in [1.165, 1.54) is 32.1 Å². The first-order valence-electron chi connectivity index (χ1n) is 12.3. The largest absolute Gasteiger partial charge is 0.508 e. The molecule has 1 aromatic carbocycles. The van der Waals surface area contributed by atoms with Gasteiger partial charge in [0.1, 0.15) is 28.9 Å². The zero-order chi connectivity index (χ0) is 28.4. The zero-order valence-electron chi connectivity index (χ0n) is 22.0. The van der Waals surface area contributed by atoms with Crippen molar-refractivity contribution < 1.29 is 44.3 Å². The molecule has 0 heterocycles. The van der Waals surface area contributed by atoms with Crippen LogP contribution in [0.25, 0.3) is 5.76 Å². The summed E-state index contributed by atoms with van der Waals surface area (Å²) in [5.74, 6) is -9.70. The van der Waals surface area contributed by atoms with Crippen molar-refractivity contribution in [3.63, 3.8) is 0 Å². The van der Waals surface area contributed by atoms with Crippen LogP contribution in [-0.2, 0) is 23.9 Å². The van der Waals surface area contributed by atoms with Crippen LogP contribution in [0.15, 0.2) is 35.1 Å². The van der Waals surface area contributed by atoms with Crippen molar-refractivity contribution in [1.29, 1.82) is 0 Å². The monoisotopic (exact) mass is 528 g/mol. The summed E-state index contributed by atoms with van der Waals surface area (Å²) in [6.45, 7) is 4.89. The minimum absolute atomic E-state index is 0.0263. The molecule has 204 valence electrons. The topological polar surface area (TPSA) is 174 Å². The van der Waals surface area contributed by atoms with Gasteiger partial charge in [0.15, 0.2) is 11.4 Å². The second-order valence-electron chi connectivity index (χ2n) is 10.6. The lowest BCUT2D eigenvalue weighted by Crippen LogP contribution is -2.71. The number of hydrogen-bond donors (Lipinski definition) is 5. The van der Waals surface area contributed by atoms with E-state index in [2.05, 4.69) is 5.32 Å². The van der Waals surface area contributed by atoms with Gasteiger partial charge in [0.25, 0.3) is 5.91 Å². The minimum Gasteiger partial charge on any atom is -0.508 e. The van der Waals surface area contributed by atoms with Gasteiger partial charge in [-0.25, -0.2) is 0 Å². The normalized spacial score (nSPS) is 30.7. The number of hydrogen-bond acceptors (Lipinski definition) is 10. The van der Waals surface area contributed by atoms with Gasteiger partial charge in [-0.15, -0.1) is 0 Å². The van der Waals surface area contributed by atoms with Gasteiger partial charge in [0.05, 0.1) is 23.4 Å². The summed E-state index contributed by atoms with van der Waals surface area (Å²) in [4.78, 5) is 54.8. The highest BCUT2D eigenvalue weighted by Gasteiger charge is 2.69. The van der Waals surface area contributed by atoms with Gasteiger partial charge in [-0.05, 0) is 31.6 Å². The second kappa shape index (κ2) is 9.25. The third-order valence-electron chi connectivity index (χ3n) is 7.90. The number of Topliss-reactive ketones (excluding diaryl/α,β-unsaturated/α-hetero) is 2. The molecule has 1 aromatic rings. The number of esters is 1. The number of rotatable bonds is 4. The number of amides is 1. The van der Waals surface area contributed by atoms with Crippen LogP contribution in [0.2, 0.25) is 0 Å². The summed E-state index contributed by atoms with van der Waals surface area (Å²) in [6.07, 6.45) is -1.39. The first-order chi connectivity index (χ1) is 17.7. The average molecular weight is 529 g/mol. The van der Waals surface area contributed by atoms with E-state index in [0.717, 1.165) is 0 Å². The number of phenols is 1. The molecule has 0 saturated heterocycles. The van der Waals surface area contributed by atoms with Crippen molar-refractivity contribution in [3.05, 3.63) is 46.2 Å². The summed E-state index contributed by atoms with van der Waals surface area (Å²) in [6, 6.07) is 3.18. The third-order valence-corrected chi connectivity index (χ3v) is 7.90. The number of aliphatic hydroxyl groups excluding tert-OH is 2. The molecular formula is C27H32N2O9. The summed E-state index contributed by atoms with van der Waals surface area (Å²) < 4.78 is 5.90. The molecule has 38 heavy (non-hydrogen) atoms. The van der Waals surface area contributed by atoms with E-state index in [1.807, 2.05) is 0 Å². The molecule has 0 spiro atoms. The maximum absolute atomic E-state index is 14.2. The Hall–Kier alpha value is -3.70. The molecule has 5 N–H and O–H groups in total. The highest BCUT2D eigenvalue weighted by molar-refractivity contribution is 6.25. The van der Waals surface area contributed by atoms with Gasteiger partial charge >= 0.3 is 5.97 Å². The molecular weight excluding hydrogens is 496 g/mol. The number of aliphatic hydroxyl groups is 3. The molecule has 0 aliphatic heterocycles. The number of ketones is 2. The molecule has 11 nitrogen and oxygen atoms in total. The minimum atomic E-state index is -2.91. The molecule has 3 aliphatic rings. The van der Waals surface area contributed by atoms with Gasteiger partial charge < -0.3 is 30.5 Å². The maximum Gasteiger partial charge on any atom is 0.308 e. The van der Waals surface area contributed by atoms with Gasteiger partial charge in [0, 0.05) is 18.5 Å². The highest BCUT2D eigenvalue weighted by atomic mass is 16.5. The molecule has 4 rings (SSSR count). The van der Waals surface area contributed by atoms with Crippen LogP contribution in [0.5, 0.6) is 5.75 Å². The van der Waals surface area contributed by atoms with E-state index in [0.29, 0.717) is 5.56 Å². The zero-order valence-corrected chi connectivity index (χ0v) is 22.0. The predicted molar refractivity (Wildman–Crippen MR) is 134 cm³/mol. The van der Waals surface area contributed by atoms with Crippen LogP contribution >= 0.6 is 0 Å². The van der Waals surface area contributed by atoms with E-state index >= 15 is 0 Å². The fourth-order valence-electron chi connectivity index (χ4n) is 6.07. The Morgan fingerprint density at radius 1 is 1.13 bits per heavy atom. The van der Waals surface area contributed by atoms with Gasteiger partial charge in [-0.2, -0.15) is 0 Å². The fraction of sp³-hybridized carbons (Fsp3) is 0.481. The molecule has 1 fully saturated rings. The Balaban J connectivity index is 2.11. The number of carbonyl (C=O) groups is 4. The molecule has 6 atom stereocenters. The van der Waals surface area contributed by atoms with Crippen molar-refractivity contribution >= 4 is 29.2 Å². The number of likely N-dealkylation sites (N-methyl/N-ethyl adjacent to an activating group) is 2. The van der Waals surface area contributed by atoms with E-state index in [-0.39, 0.29) is 16.9 Å². The lowest BCUT2D eigenvalue weighted by atomic mass is 9.54. The van der Waals surface area contributed by atoms with Crippen molar-refractivity contribution in [1.82, 2.24) is 10.2 Å². The van der Waals surface area contributed by atoms with Crippen LogP contribution in [-0.4, -0.2) is 87.7 Å². The van der Waals surface area contributed by atoms with Crippen LogP contribution in [0.4, 0.5) is 0 Å². The van der Waals surface area contributed by atoms with Crippen molar-refractivity contribution in [2.45, 2.75) is 44.4 Å². The number of benzene rings is 1. The lowest BCUT2D eigenvalue weighted by molar-refractivity contribution is -0.187. The average Bonchev–Trinajstić information content (AvgIpc) is 2.85. The van der Waals surface area contributed by atoms with Crippen LogP contribution in [0.1, 0.15) is 37.8 Å². The maximum atomic E-state index is 14.2. The first-order valence-corrected chi connectivity index (χ1v) is 12.3. The number of aromatic hydroxyl groups is 1. The van der Waals surface area contributed by atoms with E-state index in [4.69, 9.17) is 4.74 Å². The predicted octanol–water partition coefficient (Wildman–Crippen LogP) is 0.963. The highest BCUT2D eigenvalue weighted by Crippen LogP contribution is 2.57. The van der Waals surface area contributed by atoms with E-state index in [9.17, 15) is 39.6 Å². The molecule has 0 bridgehead atoms. The summed E-state index contributed by atoms with van der Waals surface area (Å²) in [7, 11) is 4.22. The fourth-order valence-corrected chi connectivity index (χ4v) is 6.07. The van der Waals surface area contributed by atoms with E-state index in [1.54, 1.807) is 32.9 Å². The Kier molecular flexibility index (Phi) is 6.65. The molecule has 6 unspecified atom stereocenters. The third kappa shape index (κ3) is 3.56. The Morgan fingerprint density at radius 2 is 1.76 bits per heavy atom. The van der Waals surface area contributed by atoms with Gasteiger partial charge in [-0.1, -0.05) is 32.9 Å². The molecule has 0 aromatic heterocycles.